The molecular formula is C23H45. The molecule has 0 aromatic carbocycles. The van der Waals surface area contributed by atoms with E-state index in [1.807, 2.05) is 0 Å². The van der Waals surface area contributed by atoms with Crippen molar-refractivity contribution in [3.8, 4) is 0 Å². The molecule has 0 aliphatic heterocycles. The minimum absolute atomic E-state index is 1.11. The molecule has 0 amide bonds. The summed E-state index contributed by atoms with van der Waals surface area (Å²) < 4.78 is 0. The monoisotopic (exact) mass is 321 g/mol. The first-order valence-electron chi connectivity index (χ1n) is 10.9. The van der Waals surface area contributed by atoms with Crippen molar-refractivity contribution < 1.29 is 0 Å². The van der Waals surface area contributed by atoms with Crippen LogP contribution in [0.2, 0.25) is 0 Å². The minimum atomic E-state index is 1.11. The highest BCUT2D eigenvalue weighted by molar-refractivity contribution is 4.81. The van der Waals surface area contributed by atoms with Gasteiger partial charge in [-0.2, -0.15) is 0 Å². The van der Waals surface area contributed by atoms with Crippen molar-refractivity contribution in [1.29, 1.82) is 0 Å². The quantitative estimate of drug-likeness (QED) is 0.165. The minimum Gasteiger partial charge on any atom is -0.0885 e. The number of rotatable bonds is 19. The lowest BCUT2D eigenvalue weighted by atomic mass is 10.1. The number of unbranched alkanes of at least 4 members (excludes halogenated alkanes) is 17. The van der Waals surface area contributed by atoms with E-state index in [1.165, 1.54) is 116 Å². The molecule has 0 fully saturated rings. The average Bonchev–Trinajstić information content (AvgIpc) is 2.57. The van der Waals surface area contributed by atoms with Gasteiger partial charge < -0.3 is 0 Å². The van der Waals surface area contributed by atoms with Crippen LogP contribution in [0.25, 0.3) is 0 Å². The van der Waals surface area contributed by atoms with Gasteiger partial charge in [-0.15, -0.1) is 0 Å². The lowest BCUT2D eigenvalue weighted by molar-refractivity contribution is 0.550. The standard InChI is InChI=1S/C23H45/c1-3-5-7-9-11-13-15-17-19-21-23-22-20-18-16-14-12-10-8-6-4-2/h17,19H,1,3-16,18,20-23H2,2H3/b19-17+. The Hall–Kier alpha value is -0.260. The Kier molecular flexibility index (Phi) is 21.5. The lowest BCUT2D eigenvalue weighted by Crippen LogP contribution is -1.82. The molecule has 0 heterocycles. The summed E-state index contributed by atoms with van der Waals surface area (Å²) in [5.74, 6) is 0. The second-order valence-corrected chi connectivity index (χ2v) is 7.21. The van der Waals surface area contributed by atoms with Crippen LogP contribution < -0.4 is 0 Å². The van der Waals surface area contributed by atoms with Crippen molar-refractivity contribution in [3.05, 3.63) is 19.1 Å². The van der Waals surface area contributed by atoms with Gasteiger partial charge in [-0.25, -0.2) is 0 Å². The van der Waals surface area contributed by atoms with E-state index in [0.29, 0.717) is 0 Å². The third-order valence-corrected chi connectivity index (χ3v) is 4.76. The molecule has 23 heavy (non-hydrogen) atoms. The molecule has 0 atom stereocenters. The van der Waals surface area contributed by atoms with Gasteiger partial charge in [-0.3, -0.25) is 0 Å². The summed E-state index contributed by atoms with van der Waals surface area (Å²) in [6, 6.07) is 0. The van der Waals surface area contributed by atoms with Gasteiger partial charge in [0.2, 0.25) is 0 Å². The fourth-order valence-electron chi connectivity index (χ4n) is 3.13. The molecule has 0 aromatic heterocycles. The predicted octanol–water partition coefficient (Wildman–Crippen LogP) is 8.81. The Bertz CT molecular complexity index is 216. The first-order chi connectivity index (χ1) is 11.4. The third-order valence-electron chi connectivity index (χ3n) is 4.76. The van der Waals surface area contributed by atoms with Crippen molar-refractivity contribution in [2.24, 2.45) is 0 Å². The maximum Gasteiger partial charge on any atom is -0.0351 e. The second-order valence-electron chi connectivity index (χ2n) is 7.21. The van der Waals surface area contributed by atoms with Crippen molar-refractivity contribution in [2.75, 3.05) is 0 Å². The maximum atomic E-state index is 3.89. The fourth-order valence-corrected chi connectivity index (χ4v) is 3.13. The summed E-state index contributed by atoms with van der Waals surface area (Å²) in [6.07, 6.45) is 31.3. The molecule has 0 heteroatoms. The molecule has 0 aromatic rings. The zero-order valence-corrected chi connectivity index (χ0v) is 16.3. The zero-order valence-electron chi connectivity index (χ0n) is 16.3. The summed E-state index contributed by atoms with van der Waals surface area (Å²) >= 11 is 0. The van der Waals surface area contributed by atoms with Crippen LogP contribution in [-0.2, 0) is 0 Å². The van der Waals surface area contributed by atoms with Crippen LogP contribution in [0.1, 0.15) is 129 Å². The number of hydrogen-bond acceptors (Lipinski definition) is 0. The van der Waals surface area contributed by atoms with Gasteiger partial charge in [0, 0.05) is 0 Å². The normalized spacial score (nSPS) is 11.6. The highest BCUT2D eigenvalue weighted by atomic mass is 14.0. The van der Waals surface area contributed by atoms with E-state index in [2.05, 4.69) is 26.0 Å². The van der Waals surface area contributed by atoms with Gasteiger partial charge in [-0.05, 0) is 25.7 Å². The molecule has 0 unspecified atom stereocenters. The van der Waals surface area contributed by atoms with E-state index < -0.39 is 0 Å². The molecule has 0 spiro atoms. The maximum absolute atomic E-state index is 3.89. The average molecular weight is 322 g/mol. The van der Waals surface area contributed by atoms with Crippen LogP contribution in [0.5, 0.6) is 0 Å². The molecule has 0 aliphatic rings. The summed E-state index contributed by atoms with van der Waals surface area (Å²) in [6.45, 7) is 6.19. The van der Waals surface area contributed by atoms with Crippen LogP contribution in [0.4, 0.5) is 0 Å². The van der Waals surface area contributed by atoms with Crippen LogP contribution in [0.15, 0.2) is 12.2 Å². The van der Waals surface area contributed by atoms with Crippen LogP contribution in [0.3, 0.4) is 0 Å². The van der Waals surface area contributed by atoms with E-state index in [4.69, 9.17) is 0 Å². The Balaban J connectivity index is 3.02. The molecule has 137 valence electrons. The van der Waals surface area contributed by atoms with Gasteiger partial charge in [0.1, 0.15) is 0 Å². The van der Waals surface area contributed by atoms with E-state index in [9.17, 15) is 0 Å². The molecule has 0 rings (SSSR count). The van der Waals surface area contributed by atoms with E-state index in [1.54, 1.807) is 0 Å². The summed E-state index contributed by atoms with van der Waals surface area (Å²) in [5, 5.41) is 0. The van der Waals surface area contributed by atoms with Crippen molar-refractivity contribution in [3.63, 3.8) is 0 Å². The third kappa shape index (κ3) is 21.7. The highest BCUT2D eigenvalue weighted by Crippen LogP contribution is 2.12. The highest BCUT2D eigenvalue weighted by Gasteiger charge is 1.92. The Morgan fingerprint density at radius 1 is 0.478 bits per heavy atom. The van der Waals surface area contributed by atoms with Crippen molar-refractivity contribution in [1.82, 2.24) is 0 Å². The Labute approximate surface area is 148 Å². The lowest BCUT2D eigenvalue weighted by Gasteiger charge is -2.01. The molecule has 0 bridgehead atoms. The SMILES string of the molecule is [CH2]CCCCCCC/C=C/CCCCCCCCCCCCC. The molecule has 0 saturated heterocycles. The zero-order chi connectivity index (χ0) is 16.8. The van der Waals surface area contributed by atoms with Gasteiger partial charge in [0.25, 0.3) is 0 Å². The van der Waals surface area contributed by atoms with Gasteiger partial charge in [0.05, 0.1) is 0 Å². The van der Waals surface area contributed by atoms with Crippen LogP contribution in [-0.4, -0.2) is 0 Å². The largest absolute Gasteiger partial charge is 0.0885 e. The molecule has 0 saturated carbocycles. The van der Waals surface area contributed by atoms with Crippen LogP contribution in [0, 0.1) is 6.92 Å². The van der Waals surface area contributed by atoms with Crippen LogP contribution >= 0.6 is 0 Å². The first kappa shape index (κ1) is 22.7. The van der Waals surface area contributed by atoms with E-state index >= 15 is 0 Å². The first-order valence-corrected chi connectivity index (χ1v) is 10.9. The molecule has 0 nitrogen and oxygen atoms in total. The summed E-state index contributed by atoms with van der Waals surface area (Å²) in [4.78, 5) is 0. The predicted molar refractivity (Wildman–Crippen MR) is 108 cm³/mol. The smallest absolute Gasteiger partial charge is 0.0351 e. The Morgan fingerprint density at radius 2 is 0.826 bits per heavy atom. The van der Waals surface area contributed by atoms with Crippen molar-refractivity contribution >= 4 is 0 Å². The summed E-state index contributed by atoms with van der Waals surface area (Å²) in [5.41, 5.74) is 0. The summed E-state index contributed by atoms with van der Waals surface area (Å²) in [7, 11) is 0. The molecular weight excluding hydrogens is 276 g/mol. The van der Waals surface area contributed by atoms with E-state index in [-0.39, 0.29) is 0 Å². The second kappa shape index (κ2) is 21.7. The van der Waals surface area contributed by atoms with Gasteiger partial charge in [-0.1, -0.05) is 122 Å². The molecule has 0 N–H and O–H groups in total. The number of allylic oxidation sites excluding steroid dienone is 2. The Morgan fingerprint density at radius 3 is 1.22 bits per heavy atom. The fraction of sp³-hybridized carbons (Fsp3) is 0.870. The molecule has 1 radical (unpaired) electrons. The molecule has 0 aliphatic carbocycles. The van der Waals surface area contributed by atoms with Crippen molar-refractivity contribution in [2.45, 2.75) is 129 Å². The topological polar surface area (TPSA) is 0 Å². The van der Waals surface area contributed by atoms with Gasteiger partial charge >= 0.3 is 0 Å². The van der Waals surface area contributed by atoms with E-state index in [0.717, 1.165) is 6.42 Å². The van der Waals surface area contributed by atoms with Gasteiger partial charge in [0.15, 0.2) is 0 Å². The number of hydrogen-bond donors (Lipinski definition) is 0.